The lowest BCUT2D eigenvalue weighted by Crippen LogP contribution is -2.22. The van der Waals surface area contributed by atoms with Gasteiger partial charge in [-0.3, -0.25) is 0 Å². The molecule has 0 aliphatic heterocycles. The molecule has 1 fully saturated rings. The Balaban J connectivity index is 2.23. The lowest BCUT2D eigenvalue weighted by Gasteiger charge is -2.26. The molecule has 1 aliphatic rings. The molecule has 0 amide bonds. The molecule has 0 spiro atoms. The summed E-state index contributed by atoms with van der Waals surface area (Å²) in [5, 5.41) is 3.60. The van der Waals surface area contributed by atoms with Crippen molar-refractivity contribution in [1.82, 2.24) is 0 Å². The van der Waals surface area contributed by atoms with E-state index in [1.54, 1.807) is 14.2 Å². The first kappa shape index (κ1) is 13.1. The zero-order valence-electron chi connectivity index (χ0n) is 11.6. The van der Waals surface area contributed by atoms with Crippen molar-refractivity contribution in [2.45, 2.75) is 45.1 Å². The second-order valence-corrected chi connectivity index (χ2v) is 5.02. The van der Waals surface area contributed by atoms with Gasteiger partial charge in [0.2, 0.25) is 0 Å². The van der Waals surface area contributed by atoms with E-state index in [2.05, 4.69) is 12.2 Å². The van der Waals surface area contributed by atoms with Gasteiger partial charge in [0.25, 0.3) is 0 Å². The smallest absolute Gasteiger partial charge is 0.146 e. The summed E-state index contributed by atoms with van der Waals surface area (Å²) >= 11 is 0. The van der Waals surface area contributed by atoms with Crippen LogP contribution in [0.2, 0.25) is 0 Å². The monoisotopic (exact) mass is 249 g/mol. The van der Waals surface area contributed by atoms with Crippen molar-refractivity contribution < 1.29 is 9.47 Å². The van der Waals surface area contributed by atoms with E-state index in [1.807, 2.05) is 12.1 Å². The highest BCUT2D eigenvalue weighted by Crippen LogP contribution is 2.37. The Morgan fingerprint density at radius 3 is 2.06 bits per heavy atom. The van der Waals surface area contributed by atoms with Gasteiger partial charge in [-0.05, 0) is 37.5 Å². The molecule has 1 saturated carbocycles. The van der Waals surface area contributed by atoms with Crippen molar-refractivity contribution >= 4 is 5.69 Å². The number of benzene rings is 1. The first-order valence-electron chi connectivity index (χ1n) is 6.73. The Labute approximate surface area is 109 Å². The quantitative estimate of drug-likeness (QED) is 0.881. The van der Waals surface area contributed by atoms with Crippen LogP contribution in [-0.2, 0) is 0 Å². The molecule has 1 N–H and O–H groups in total. The van der Waals surface area contributed by atoms with Crippen LogP contribution in [0.15, 0.2) is 12.1 Å². The van der Waals surface area contributed by atoms with Gasteiger partial charge >= 0.3 is 0 Å². The highest BCUT2D eigenvalue weighted by Gasteiger charge is 2.18. The van der Waals surface area contributed by atoms with Crippen LogP contribution in [0.3, 0.4) is 0 Å². The summed E-state index contributed by atoms with van der Waals surface area (Å²) in [6.45, 7) is 2.05. The second kappa shape index (κ2) is 5.98. The molecule has 0 unspecified atom stereocenters. The van der Waals surface area contributed by atoms with E-state index < -0.39 is 0 Å². The van der Waals surface area contributed by atoms with E-state index in [0.717, 1.165) is 22.7 Å². The molecule has 0 heterocycles. The fraction of sp³-hybridized carbons (Fsp3) is 0.600. The predicted octanol–water partition coefficient (Wildman–Crippen LogP) is 3.76. The van der Waals surface area contributed by atoms with Crippen LogP contribution in [-0.4, -0.2) is 20.3 Å². The Hall–Kier alpha value is -1.38. The summed E-state index contributed by atoms with van der Waals surface area (Å²) < 4.78 is 10.9. The fourth-order valence-electron chi connectivity index (χ4n) is 2.64. The lowest BCUT2D eigenvalue weighted by molar-refractivity contribution is 0.392. The number of ether oxygens (including phenoxy) is 2. The van der Waals surface area contributed by atoms with Gasteiger partial charge < -0.3 is 14.8 Å². The van der Waals surface area contributed by atoms with E-state index in [-0.39, 0.29) is 0 Å². The summed E-state index contributed by atoms with van der Waals surface area (Å²) in [5.74, 6) is 1.75. The summed E-state index contributed by atoms with van der Waals surface area (Å²) in [5.41, 5.74) is 2.15. The minimum atomic E-state index is 0.546. The predicted molar refractivity (Wildman–Crippen MR) is 74.8 cm³/mol. The van der Waals surface area contributed by atoms with Crippen LogP contribution in [0.4, 0.5) is 5.69 Å². The molecular formula is C15H23NO2. The summed E-state index contributed by atoms with van der Waals surface area (Å²) in [4.78, 5) is 0. The normalized spacial score (nSPS) is 16.4. The Bertz CT molecular complexity index is 372. The fourth-order valence-corrected chi connectivity index (χ4v) is 2.64. The molecule has 100 valence electrons. The maximum Gasteiger partial charge on any atom is 0.146 e. The van der Waals surface area contributed by atoms with Gasteiger partial charge in [0.15, 0.2) is 0 Å². The minimum Gasteiger partial charge on any atom is -0.494 e. The first-order chi connectivity index (χ1) is 8.74. The molecule has 1 aliphatic carbocycles. The van der Waals surface area contributed by atoms with Crippen molar-refractivity contribution in [3.63, 3.8) is 0 Å². The van der Waals surface area contributed by atoms with Gasteiger partial charge in [0.1, 0.15) is 17.2 Å². The van der Waals surface area contributed by atoms with Crippen LogP contribution in [0, 0.1) is 6.92 Å². The number of methoxy groups -OCH3 is 2. The third-order valence-corrected chi connectivity index (χ3v) is 3.60. The molecular weight excluding hydrogens is 226 g/mol. The minimum absolute atomic E-state index is 0.546. The third-order valence-electron chi connectivity index (χ3n) is 3.60. The number of nitrogens with one attached hydrogen (secondary N) is 1. The van der Waals surface area contributed by atoms with Gasteiger partial charge in [-0.15, -0.1) is 0 Å². The average molecular weight is 249 g/mol. The van der Waals surface area contributed by atoms with Gasteiger partial charge in [-0.2, -0.15) is 0 Å². The largest absolute Gasteiger partial charge is 0.494 e. The molecule has 0 radical (unpaired) electrons. The Kier molecular flexibility index (Phi) is 4.34. The molecule has 3 nitrogen and oxygen atoms in total. The van der Waals surface area contributed by atoms with Gasteiger partial charge in [-0.25, -0.2) is 0 Å². The zero-order chi connectivity index (χ0) is 13.0. The molecule has 0 bridgehead atoms. The van der Waals surface area contributed by atoms with E-state index in [0.29, 0.717) is 6.04 Å². The van der Waals surface area contributed by atoms with E-state index >= 15 is 0 Å². The average Bonchev–Trinajstić information content (AvgIpc) is 2.41. The number of hydrogen-bond donors (Lipinski definition) is 1. The maximum atomic E-state index is 5.47. The third kappa shape index (κ3) is 2.89. The standard InChI is InChI=1S/C15H23NO2/c1-11-9-13(17-2)15(14(10-11)18-3)16-12-7-5-4-6-8-12/h9-10,12,16H,4-8H2,1-3H3. The highest BCUT2D eigenvalue weighted by atomic mass is 16.5. The summed E-state index contributed by atoms with van der Waals surface area (Å²) in [7, 11) is 3.42. The van der Waals surface area contributed by atoms with Gasteiger partial charge in [-0.1, -0.05) is 19.3 Å². The first-order valence-corrected chi connectivity index (χ1v) is 6.73. The summed E-state index contributed by atoms with van der Waals surface area (Å²) in [6.07, 6.45) is 6.46. The van der Waals surface area contributed by atoms with Gasteiger partial charge in [0.05, 0.1) is 14.2 Å². The molecule has 3 heteroatoms. The molecule has 18 heavy (non-hydrogen) atoms. The van der Waals surface area contributed by atoms with Crippen LogP contribution >= 0.6 is 0 Å². The Morgan fingerprint density at radius 1 is 1.00 bits per heavy atom. The molecule has 1 aromatic rings. The molecule has 1 aromatic carbocycles. The van der Waals surface area contributed by atoms with Crippen LogP contribution < -0.4 is 14.8 Å². The number of rotatable bonds is 4. The van der Waals surface area contributed by atoms with Crippen LogP contribution in [0.25, 0.3) is 0 Å². The zero-order valence-corrected chi connectivity index (χ0v) is 11.6. The molecule has 0 atom stereocenters. The topological polar surface area (TPSA) is 30.5 Å². The van der Waals surface area contributed by atoms with Crippen molar-refractivity contribution in [1.29, 1.82) is 0 Å². The van der Waals surface area contributed by atoms with Crippen molar-refractivity contribution in [2.24, 2.45) is 0 Å². The highest BCUT2D eigenvalue weighted by molar-refractivity contribution is 5.68. The summed E-state index contributed by atoms with van der Waals surface area (Å²) in [6, 6.07) is 4.64. The maximum absolute atomic E-state index is 5.47. The second-order valence-electron chi connectivity index (χ2n) is 5.02. The van der Waals surface area contributed by atoms with Crippen molar-refractivity contribution in [2.75, 3.05) is 19.5 Å². The van der Waals surface area contributed by atoms with E-state index in [4.69, 9.17) is 9.47 Å². The molecule has 0 saturated heterocycles. The van der Waals surface area contributed by atoms with Crippen LogP contribution in [0.1, 0.15) is 37.7 Å². The lowest BCUT2D eigenvalue weighted by atomic mass is 9.95. The molecule has 0 aromatic heterocycles. The SMILES string of the molecule is COc1cc(C)cc(OC)c1NC1CCCCC1. The number of hydrogen-bond acceptors (Lipinski definition) is 3. The van der Waals surface area contributed by atoms with Crippen molar-refractivity contribution in [3.05, 3.63) is 17.7 Å². The van der Waals surface area contributed by atoms with E-state index in [1.165, 1.54) is 32.1 Å². The number of aryl methyl sites for hydroxylation is 1. The van der Waals surface area contributed by atoms with E-state index in [9.17, 15) is 0 Å². The number of anilines is 1. The Morgan fingerprint density at radius 2 is 1.56 bits per heavy atom. The van der Waals surface area contributed by atoms with Crippen LogP contribution in [0.5, 0.6) is 11.5 Å². The van der Waals surface area contributed by atoms with Crippen molar-refractivity contribution in [3.8, 4) is 11.5 Å². The van der Waals surface area contributed by atoms with Gasteiger partial charge in [0, 0.05) is 6.04 Å². The molecule has 2 rings (SSSR count).